The number of amides is 1. The smallest absolute Gasteiger partial charge is 0.276 e. The van der Waals surface area contributed by atoms with Gasteiger partial charge in [0, 0.05) is 18.4 Å². The van der Waals surface area contributed by atoms with Crippen LogP contribution in [0, 0.1) is 0 Å². The van der Waals surface area contributed by atoms with Crippen LogP contribution in [-0.4, -0.2) is 25.9 Å². The molecule has 0 aliphatic carbocycles. The molecule has 28 heavy (non-hydrogen) atoms. The summed E-state index contributed by atoms with van der Waals surface area (Å²) >= 11 is 0. The van der Waals surface area contributed by atoms with Gasteiger partial charge in [0.25, 0.3) is 5.56 Å². The summed E-state index contributed by atoms with van der Waals surface area (Å²) in [4.78, 5) is 29.8. The highest BCUT2D eigenvalue weighted by molar-refractivity contribution is 5.80. The fourth-order valence-corrected chi connectivity index (χ4v) is 3.49. The molecule has 142 valence electrons. The average molecular weight is 374 g/mol. The van der Waals surface area contributed by atoms with Crippen LogP contribution in [0.4, 0.5) is 0 Å². The summed E-state index contributed by atoms with van der Waals surface area (Å²) in [6.07, 6.45) is 5.19. The van der Waals surface area contributed by atoms with Gasteiger partial charge in [0.1, 0.15) is 12.1 Å². The molecule has 1 N–H and O–H groups in total. The molecule has 4 aromatic rings. The lowest BCUT2D eigenvalue weighted by atomic mass is 10.1. The summed E-state index contributed by atoms with van der Waals surface area (Å²) in [5, 5.41) is 3.00. The van der Waals surface area contributed by atoms with Crippen LogP contribution in [0.15, 0.2) is 71.8 Å². The third-order valence-corrected chi connectivity index (χ3v) is 4.91. The molecule has 3 aromatic heterocycles. The van der Waals surface area contributed by atoms with E-state index in [4.69, 9.17) is 0 Å². The molecule has 1 amide bonds. The predicted octanol–water partition coefficient (Wildman–Crippen LogP) is 2.79. The summed E-state index contributed by atoms with van der Waals surface area (Å²) in [6.45, 7) is 1.93. The molecule has 0 aliphatic heterocycles. The van der Waals surface area contributed by atoms with E-state index in [1.807, 2.05) is 53.9 Å². The first-order valence-corrected chi connectivity index (χ1v) is 9.41. The lowest BCUT2D eigenvalue weighted by Crippen LogP contribution is -2.38. The van der Waals surface area contributed by atoms with Crippen molar-refractivity contribution in [3.05, 3.63) is 82.9 Å². The summed E-state index contributed by atoms with van der Waals surface area (Å²) in [7, 11) is 0. The first kappa shape index (κ1) is 18.0. The molecule has 0 saturated carbocycles. The topological polar surface area (TPSA) is 68.4 Å². The first-order valence-electron chi connectivity index (χ1n) is 9.41. The third-order valence-electron chi connectivity index (χ3n) is 4.91. The van der Waals surface area contributed by atoms with Gasteiger partial charge in [-0.3, -0.25) is 14.2 Å². The maximum Gasteiger partial charge on any atom is 0.276 e. The van der Waals surface area contributed by atoms with Crippen LogP contribution in [0.1, 0.15) is 18.9 Å². The fourth-order valence-electron chi connectivity index (χ4n) is 3.49. The fraction of sp³-hybridized carbons (Fsp3) is 0.227. The van der Waals surface area contributed by atoms with E-state index < -0.39 is 0 Å². The monoisotopic (exact) mass is 374 g/mol. The van der Waals surface area contributed by atoms with E-state index >= 15 is 0 Å². The zero-order chi connectivity index (χ0) is 19.5. The number of pyridine rings is 1. The zero-order valence-corrected chi connectivity index (χ0v) is 15.7. The van der Waals surface area contributed by atoms with Crippen molar-refractivity contribution in [2.75, 3.05) is 0 Å². The number of nitrogens with one attached hydrogen (secondary N) is 1. The van der Waals surface area contributed by atoms with E-state index in [1.54, 1.807) is 12.3 Å². The summed E-state index contributed by atoms with van der Waals surface area (Å²) in [5.74, 6) is -0.189. The quantitative estimate of drug-likeness (QED) is 0.564. The van der Waals surface area contributed by atoms with E-state index in [0.717, 1.165) is 18.4 Å². The number of aryl methyl sites for hydroxylation is 1. The normalized spacial score (nSPS) is 12.3. The van der Waals surface area contributed by atoms with Gasteiger partial charge in [-0.25, -0.2) is 4.98 Å². The Kier molecular flexibility index (Phi) is 4.93. The first-order chi connectivity index (χ1) is 13.6. The number of nitrogens with zero attached hydrogens (tertiary/aromatic N) is 3. The van der Waals surface area contributed by atoms with E-state index in [2.05, 4.69) is 22.4 Å². The Morgan fingerprint density at radius 1 is 1.07 bits per heavy atom. The van der Waals surface area contributed by atoms with Crippen LogP contribution in [0.25, 0.3) is 16.7 Å². The van der Waals surface area contributed by atoms with Crippen LogP contribution >= 0.6 is 0 Å². The second-order valence-electron chi connectivity index (χ2n) is 6.99. The molecule has 0 aliphatic rings. The summed E-state index contributed by atoms with van der Waals surface area (Å²) < 4.78 is 3.26. The second kappa shape index (κ2) is 7.68. The Morgan fingerprint density at radius 3 is 2.68 bits per heavy atom. The van der Waals surface area contributed by atoms with E-state index in [1.165, 1.54) is 10.1 Å². The Labute approximate surface area is 162 Å². The number of fused-ring (bicyclic) bond motifs is 3. The van der Waals surface area contributed by atoms with Crippen LogP contribution in [0.5, 0.6) is 0 Å². The van der Waals surface area contributed by atoms with Gasteiger partial charge in [-0.15, -0.1) is 0 Å². The van der Waals surface area contributed by atoms with Gasteiger partial charge >= 0.3 is 0 Å². The van der Waals surface area contributed by atoms with Gasteiger partial charge < -0.3 is 9.72 Å². The average Bonchev–Trinajstić information content (AvgIpc) is 3.21. The lowest BCUT2D eigenvalue weighted by molar-refractivity contribution is -0.122. The van der Waals surface area contributed by atoms with Crippen molar-refractivity contribution in [1.82, 2.24) is 19.3 Å². The van der Waals surface area contributed by atoms with Crippen LogP contribution in [0.2, 0.25) is 0 Å². The van der Waals surface area contributed by atoms with Crippen molar-refractivity contribution < 1.29 is 4.79 Å². The molecule has 0 radical (unpaired) electrons. The molecule has 1 atom stereocenters. The van der Waals surface area contributed by atoms with Crippen LogP contribution in [0.3, 0.4) is 0 Å². The molecule has 6 heteroatoms. The molecule has 0 bridgehead atoms. The minimum Gasteiger partial charge on any atom is -0.352 e. The van der Waals surface area contributed by atoms with Gasteiger partial charge in [0.15, 0.2) is 5.65 Å². The van der Waals surface area contributed by atoms with Gasteiger partial charge in [-0.1, -0.05) is 30.3 Å². The summed E-state index contributed by atoms with van der Waals surface area (Å²) in [6, 6.07) is 17.5. The number of hydrogen-bond acceptors (Lipinski definition) is 3. The molecule has 0 unspecified atom stereocenters. The zero-order valence-electron chi connectivity index (χ0n) is 15.7. The predicted molar refractivity (Wildman–Crippen MR) is 109 cm³/mol. The standard InChI is InChI=1S/C22H22N4O2/c1-16(11-12-17-7-3-2-4-8-17)24-20(27)15-26-21-18(9-5-13-23-21)25-14-6-10-19(25)22(26)28/h2-10,13-14,16H,11-12,15H2,1H3,(H,24,27)/t16-/m0/s1. The molecular formula is C22H22N4O2. The highest BCUT2D eigenvalue weighted by Gasteiger charge is 2.15. The number of rotatable bonds is 6. The minimum absolute atomic E-state index is 0.0136. The highest BCUT2D eigenvalue weighted by atomic mass is 16.2. The van der Waals surface area contributed by atoms with Gasteiger partial charge in [-0.2, -0.15) is 0 Å². The Morgan fingerprint density at radius 2 is 1.86 bits per heavy atom. The molecular weight excluding hydrogens is 352 g/mol. The van der Waals surface area contributed by atoms with Crippen LogP contribution < -0.4 is 10.9 Å². The van der Waals surface area contributed by atoms with Crippen molar-refractivity contribution in [3.8, 4) is 0 Å². The van der Waals surface area contributed by atoms with E-state index in [0.29, 0.717) is 11.2 Å². The Hall–Kier alpha value is -3.41. The Bertz CT molecular complexity index is 1180. The van der Waals surface area contributed by atoms with Crippen molar-refractivity contribution in [3.63, 3.8) is 0 Å². The summed E-state index contributed by atoms with van der Waals surface area (Å²) in [5.41, 5.74) is 2.86. The molecule has 0 spiro atoms. The number of carbonyl (C=O) groups excluding carboxylic acids is 1. The molecule has 4 rings (SSSR count). The van der Waals surface area contributed by atoms with Gasteiger partial charge in [0.05, 0.1) is 5.52 Å². The molecule has 0 fully saturated rings. The molecule has 0 saturated heterocycles. The van der Waals surface area contributed by atoms with Crippen LogP contribution in [-0.2, 0) is 17.8 Å². The number of hydrogen-bond donors (Lipinski definition) is 1. The molecule has 3 heterocycles. The molecule has 1 aromatic carbocycles. The van der Waals surface area contributed by atoms with E-state index in [-0.39, 0.29) is 24.1 Å². The van der Waals surface area contributed by atoms with E-state index in [9.17, 15) is 9.59 Å². The number of carbonyl (C=O) groups is 1. The number of benzene rings is 1. The maximum absolute atomic E-state index is 12.9. The minimum atomic E-state index is -0.219. The van der Waals surface area contributed by atoms with Crippen molar-refractivity contribution in [2.24, 2.45) is 0 Å². The second-order valence-corrected chi connectivity index (χ2v) is 6.99. The SMILES string of the molecule is C[C@@H](CCc1ccccc1)NC(=O)Cn1c(=O)c2cccn2c2cccnc21. The largest absolute Gasteiger partial charge is 0.352 e. The van der Waals surface area contributed by atoms with Crippen molar-refractivity contribution in [2.45, 2.75) is 32.4 Å². The molecule has 6 nitrogen and oxygen atoms in total. The number of aromatic nitrogens is 3. The lowest BCUT2D eigenvalue weighted by Gasteiger charge is -2.16. The van der Waals surface area contributed by atoms with Crippen molar-refractivity contribution >= 4 is 22.6 Å². The van der Waals surface area contributed by atoms with Gasteiger partial charge in [0.2, 0.25) is 5.91 Å². The Balaban J connectivity index is 1.52. The maximum atomic E-state index is 12.9. The van der Waals surface area contributed by atoms with Crippen molar-refractivity contribution in [1.29, 1.82) is 0 Å². The highest BCUT2D eigenvalue weighted by Crippen LogP contribution is 2.12. The van der Waals surface area contributed by atoms with Gasteiger partial charge in [-0.05, 0) is 49.6 Å². The third kappa shape index (κ3) is 3.53.